The summed E-state index contributed by atoms with van der Waals surface area (Å²) in [6.07, 6.45) is 5.00. The van der Waals surface area contributed by atoms with Crippen LogP contribution in [0.5, 0.6) is 11.5 Å². The first-order valence-corrected chi connectivity index (χ1v) is 7.67. The van der Waals surface area contributed by atoms with E-state index in [2.05, 4.69) is 19.9 Å². The first-order chi connectivity index (χ1) is 10.4. The van der Waals surface area contributed by atoms with E-state index in [1.165, 1.54) is 0 Å². The minimum Gasteiger partial charge on any atom is -0.507 e. The molecule has 2 rings (SSSR count). The van der Waals surface area contributed by atoms with Crippen molar-refractivity contribution in [3.8, 4) is 22.6 Å². The number of phenolic OH excluding ortho intramolecular Hbond substituents is 2. The van der Waals surface area contributed by atoms with E-state index in [4.69, 9.17) is 0 Å². The zero-order chi connectivity index (χ0) is 16.4. The van der Waals surface area contributed by atoms with E-state index < -0.39 is 0 Å². The molecule has 0 aromatic heterocycles. The van der Waals surface area contributed by atoms with E-state index in [0.29, 0.717) is 5.56 Å². The Morgan fingerprint density at radius 2 is 1.55 bits per heavy atom. The van der Waals surface area contributed by atoms with Crippen LogP contribution >= 0.6 is 0 Å². The molecular formula is C20H24O2. The lowest BCUT2D eigenvalue weighted by molar-refractivity contribution is 0.466. The molecule has 2 aromatic carbocycles. The molecule has 0 bridgehead atoms. The first-order valence-electron chi connectivity index (χ1n) is 7.67. The van der Waals surface area contributed by atoms with Crippen LogP contribution in [0.15, 0.2) is 24.3 Å². The Labute approximate surface area is 132 Å². The summed E-state index contributed by atoms with van der Waals surface area (Å²) < 4.78 is 0. The minimum absolute atomic E-state index is 0.194. The second-order valence-corrected chi connectivity index (χ2v) is 5.81. The van der Waals surface area contributed by atoms with E-state index >= 15 is 0 Å². The molecule has 0 radical (unpaired) electrons. The average Bonchev–Trinajstić information content (AvgIpc) is 2.51. The molecule has 22 heavy (non-hydrogen) atoms. The molecular weight excluding hydrogens is 272 g/mol. The van der Waals surface area contributed by atoms with Gasteiger partial charge < -0.3 is 10.2 Å². The highest BCUT2D eigenvalue weighted by Gasteiger charge is 2.18. The normalized spacial score (nSPS) is 11.3. The molecule has 2 N–H and O–H groups in total. The van der Waals surface area contributed by atoms with E-state index in [1.54, 1.807) is 6.07 Å². The summed E-state index contributed by atoms with van der Waals surface area (Å²) in [4.78, 5) is 0. The van der Waals surface area contributed by atoms with Crippen LogP contribution < -0.4 is 0 Å². The molecule has 0 heterocycles. The maximum atomic E-state index is 10.5. The monoisotopic (exact) mass is 296 g/mol. The van der Waals surface area contributed by atoms with Gasteiger partial charge >= 0.3 is 0 Å². The van der Waals surface area contributed by atoms with Crippen LogP contribution in [0.1, 0.15) is 41.2 Å². The van der Waals surface area contributed by atoms with Gasteiger partial charge in [0.2, 0.25) is 0 Å². The lowest BCUT2D eigenvalue weighted by Gasteiger charge is -2.18. The number of hydrogen-bond donors (Lipinski definition) is 2. The number of benzene rings is 2. The van der Waals surface area contributed by atoms with Gasteiger partial charge in [-0.3, -0.25) is 0 Å². The summed E-state index contributed by atoms with van der Waals surface area (Å²) in [7, 11) is 0. The molecule has 0 aliphatic rings. The second-order valence-electron chi connectivity index (χ2n) is 5.81. The van der Waals surface area contributed by atoms with Gasteiger partial charge in [0.25, 0.3) is 0 Å². The van der Waals surface area contributed by atoms with Gasteiger partial charge in [-0.05, 0) is 74.1 Å². The van der Waals surface area contributed by atoms with Crippen molar-refractivity contribution in [3.05, 3.63) is 52.1 Å². The van der Waals surface area contributed by atoms with Crippen molar-refractivity contribution in [1.29, 1.82) is 0 Å². The van der Waals surface area contributed by atoms with Crippen molar-refractivity contribution in [2.24, 2.45) is 0 Å². The molecule has 2 nitrogen and oxygen atoms in total. The average molecular weight is 296 g/mol. The third-order valence-corrected chi connectivity index (χ3v) is 4.49. The fourth-order valence-corrected chi connectivity index (χ4v) is 2.74. The van der Waals surface area contributed by atoms with Crippen LogP contribution in [0.25, 0.3) is 17.2 Å². The van der Waals surface area contributed by atoms with Crippen molar-refractivity contribution >= 4 is 6.08 Å². The van der Waals surface area contributed by atoms with Crippen molar-refractivity contribution in [3.63, 3.8) is 0 Å². The highest BCUT2D eigenvalue weighted by atomic mass is 16.3. The number of phenols is 2. The fraction of sp³-hybridized carbons (Fsp3) is 0.300. The van der Waals surface area contributed by atoms with Gasteiger partial charge in [-0.15, -0.1) is 0 Å². The minimum atomic E-state index is 0.194. The Kier molecular flexibility index (Phi) is 4.60. The summed E-state index contributed by atoms with van der Waals surface area (Å²) in [6.45, 7) is 10.0. The lowest BCUT2D eigenvalue weighted by Crippen LogP contribution is -1.96. The molecule has 0 amide bonds. The van der Waals surface area contributed by atoms with E-state index in [-0.39, 0.29) is 11.5 Å². The second kappa shape index (κ2) is 6.27. The van der Waals surface area contributed by atoms with Crippen molar-refractivity contribution in [2.45, 2.75) is 41.0 Å². The van der Waals surface area contributed by atoms with Crippen molar-refractivity contribution in [1.82, 2.24) is 0 Å². The zero-order valence-corrected chi connectivity index (χ0v) is 14.0. The first kappa shape index (κ1) is 16.2. The van der Waals surface area contributed by atoms with Crippen LogP contribution in [0.4, 0.5) is 0 Å². The van der Waals surface area contributed by atoms with Gasteiger partial charge in [0.05, 0.1) is 0 Å². The van der Waals surface area contributed by atoms with E-state index in [1.807, 2.05) is 39.0 Å². The van der Waals surface area contributed by atoms with E-state index in [0.717, 1.165) is 39.8 Å². The molecule has 0 saturated carbocycles. The maximum absolute atomic E-state index is 10.5. The predicted molar refractivity (Wildman–Crippen MR) is 93.5 cm³/mol. The summed E-state index contributed by atoms with van der Waals surface area (Å²) in [5, 5.41) is 20.9. The van der Waals surface area contributed by atoms with Gasteiger partial charge in [-0.1, -0.05) is 25.1 Å². The molecule has 0 fully saturated rings. The third-order valence-electron chi connectivity index (χ3n) is 4.49. The van der Waals surface area contributed by atoms with E-state index in [9.17, 15) is 10.2 Å². The highest BCUT2D eigenvalue weighted by Crippen LogP contribution is 2.42. The molecule has 0 atom stereocenters. The topological polar surface area (TPSA) is 40.5 Å². The Balaban J connectivity index is 2.65. The Morgan fingerprint density at radius 3 is 2.14 bits per heavy atom. The number of rotatable bonds is 3. The molecule has 0 aliphatic heterocycles. The van der Waals surface area contributed by atoms with Crippen LogP contribution in [-0.4, -0.2) is 10.2 Å². The van der Waals surface area contributed by atoms with Gasteiger partial charge in [0.15, 0.2) is 0 Å². The standard InChI is InChI=1S/C20H24O2/c1-6-7-8-16-9-10-17(18(21)11-16)19-14(4)12(2)13(3)15(5)20(19)22/h7-11,21-22H,6H2,1-5H3/b8-7+. The molecule has 0 aliphatic carbocycles. The lowest BCUT2D eigenvalue weighted by atomic mass is 9.89. The van der Waals surface area contributed by atoms with Crippen LogP contribution in [0.2, 0.25) is 0 Å². The highest BCUT2D eigenvalue weighted by molar-refractivity contribution is 5.82. The molecule has 2 aromatic rings. The molecule has 0 saturated heterocycles. The molecule has 2 heteroatoms. The van der Waals surface area contributed by atoms with Gasteiger partial charge in [-0.2, -0.15) is 0 Å². The molecule has 0 unspecified atom stereocenters. The third kappa shape index (κ3) is 2.74. The summed E-state index contributed by atoms with van der Waals surface area (Å²) in [5.74, 6) is 0.451. The van der Waals surface area contributed by atoms with Crippen LogP contribution in [0, 0.1) is 27.7 Å². The largest absolute Gasteiger partial charge is 0.507 e. The van der Waals surface area contributed by atoms with Crippen LogP contribution in [-0.2, 0) is 0 Å². The Hall–Kier alpha value is -2.22. The molecule has 0 spiro atoms. The van der Waals surface area contributed by atoms with Crippen molar-refractivity contribution < 1.29 is 10.2 Å². The summed E-state index contributed by atoms with van der Waals surface area (Å²) in [5.41, 5.74) is 6.49. The smallest absolute Gasteiger partial charge is 0.126 e. The number of allylic oxidation sites excluding steroid dienone is 1. The fourth-order valence-electron chi connectivity index (χ4n) is 2.74. The van der Waals surface area contributed by atoms with Gasteiger partial charge in [0.1, 0.15) is 11.5 Å². The quantitative estimate of drug-likeness (QED) is 0.793. The number of aromatic hydroxyl groups is 2. The number of hydrogen-bond acceptors (Lipinski definition) is 2. The Morgan fingerprint density at radius 1 is 0.909 bits per heavy atom. The summed E-state index contributed by atoms with van der Waals surface area (Å²) >= 11 is 0. The Bertz CT molecular complexity index is 711. The predicted octanol–water partition coefficient (Wildman–Crippen LogP) is 5.42. The SMILES string of the molecule is CC/C=C/c1ccc(-c2c(C)c(C)c(C)c(C)c2O)c(O)c1. The summed E-state index contributed by atoms with van der Waals surface area (Å²) in [6, 6.07) is 5.58. The van der Waals surface area contributed by atoms with Crippen LogP contribution in [0.3, 0.4) is 0 Å². The van der Waals surface area contributed by atoms with Crippen molar-refractivity contribution in [2.75, 3.05) is 0 Å². The van der Waals surface area contributed by atoms with Gasteiger partial charge in [-0.25, -0.2) is 0 Å². The zero-order valence-electron chi connectivity index (χ0n) is 14.0. The van der Waals surface area contributed by atoms with Gasteiger partial charge in [0, 0.05) is 11.1 Å². The molecule has 116 valence electrons. The maximum Gasteiger partial charge on any atom is 0.126 e.